The van der Waals surface area contributed by atoms with E-state index in [9.17, 15) is 18.8 Å². The molecule has 244 valence electrons. The molecule has 13 heteroatoms. The van der Waals surface area contributed by atoms with Crippen molar-refractivity contribution in [3.8, 4) is 10.8 Å². The highest BCUT2D eigenvalue weighted by Crippen LogP contribution is 2.34. The van der Waals surface area contributed by atoms with Crippen LogP contribution in [0.1, 0.15) is 70.2 Å². The van der Waals surface area contributed by atoms with E-state index in [0.717, 1.165) is 4.57 Å². The number of methoxy groups -OCH3 is 1. The largest absolute Gasteiger partial charge is 0.496 e. The first-order valence-electron chi connectivity index (χ1n) is 15.3. The molecule has 3 heterocycles. The fourth-order valence-electron chi connectivity index (χ4n) is 5.43. The van der Waals surface area contributed by atoms with Gasteiger partial charge in [0.2, 0.25) is 5.91 Å². The lowest BCUT2D eigenvalue weighted by Crippen LogP contribution is -2.48. The Bertz CT molecular complexity index is 1710. The van der Waals surface area contributed by atoms with Crippen LogP contribution in [0.3, 0.4) is 0 Å². The van der Waals surface area contributed by atoms with Crippen LogP contribution >= 0.6 is 11.3 Å². The smallest absolute Gasteiger partial charge is 0.332 e. The van der Waals surface area contributed by atoms with E-state index in [1.54, 1.807) is 37.0 Å². The highest BCUT2D eigenvalue weighted by atomic mass is 32.1. The highest BCUT2D eigenvalue weighted by molar-refractivity contribution is 7.21. The van der Waals surface area contributed by atoms with Crippen LogP contribution in [-0.4, -0.2) is 57.8 Å². The summed E-state index contributed by atoms with van der Waals surface area (Å²) in [7, 11) is 1.47. The summed E-state index contributed by atoms with van der Waals surface area (Å²) in [5.74, 6) is -0.512. The number of carbonyl (C=O) groups excluding carboxylic acids is 1. The number of aryl methyl sites for hydroxylation is 1. The number of rotatable bonds is 16. The van der Waals surface area contributed by atoms with Crippen molar-refractivity contribution in [1.29, 1.82) is 0 Å². The number of benzene rings is 1. The van der Waals surface area contributed by atoms with Crippen LogP contribution in [-0.2, 0) is 20.8 Å². The van der Waals surface area contributed by atoms with E-state index in [0.29, 0.717) is 51.5 Å². The van der Waals surface area contributed by atoms with Crippen LogP contribution in [0.5, 0.6) is 5.75 Å². The Kier molecular flexibility index (Phi) is 11.7. The molecule has 0 unspecified atom stereocenters. The first-order valence-corrected chi connectivity index (χ1v) is 16.1. The maximum absolute atomic E-state index is 14.6. The predicted octanol–water partition coefficient (Wildman–Crippen LogP) is 4.92. The van der Waals surface area contributed by atoms with Gasteiger partial charge in [-0.2, -0.15) is 5.10 Å². The molecule has 11 nitrogen and oxygen atoms in total. The van der Waals surface area contributed by atoms with Gasteiger partial charge in [-0.3, -0.25) is 14.2 Å². The molecule has 0 bridgehead atoms. The second-order valence-electron chi connectivity index (χ2n) is 10.6. The number of ether oxygens (including phenoxy) is 3. The molecule has 1 amide bonds. The third-order valence-electron chi connectivity index (χ3n) is 7.90. The second kappa shape index (κ2) is 15.5. The lowest BCUT2D eigenvalue weighted by atomic mass is 10.1. The normalized spacial score (nSPS) is 13.0. The summed E-state index contributed by atoms with van der Waals surface area (Å²) in [5.41, 5.74) is -0.201. The molecule has 0 fully saturated rings. The lowest BCUT2D eigenvalue weighted by molar-refractivity contribution is -0.125. The van der Waals surface area contributed by atoms with Gasteiger partial charge in [-0.25, -0.2) is 18.4 Å². The van der Waals surface area contributed by atoms with Gasteiger partial charge in [0.15, 0.2) is 0 Å². The average Bonchev–Trinajstić information content (AvgIpc) is 3.69. The summed E-state index contributed by atoms with van der Waals surface area (Å²) < 4.78 is 36.0. The van der Waals surface area contributed by atoms with Crippen molar-refractivity contribution < 1.29 is 23.4 Å². The molecule has 1 aromatic carbocycles. The minimum atomic E-state index is -1.05. The summed E-state index contributed by atoms with van der Waals surface area (Å²) in [6, 6.07) is 4.73. The number of fused-ring (bicyclic) bond motifs is 1. The van der Waals surface area contributed by atoms with Crippen LogP contribution in [0.25, 0.3) is 15.2 Å². The van der Waals surface area contributed by atoms with Gasteiger partial charge in [-0.05, 0) is 57.4 Å². The number of hydrogen-bond donors (Lipinski definition) is 1. The average molecular weight is 644 g/mol. The molecule has 0 aliphatic heterocycles. The van der Waals surface area contributed by atoms with Crippen molar-refractivity contribution >= 4 is 27.5 Å². The monoisotopic (exact) mass is 643 g/mol. The van der Waals surface area contributed by atoms with Crippen molar-refractivity contribution in [3.63, 3.8) is 0 Å². The Balaban J connectivity index is 1.97. The van der Waals surface area contributed by atoms with E-state index in [-0.39, 0.29) is 32.2 Å². The standard InChI is InChI=1S/C32H42FN5O6S/c1-7-22(8-2)35-28(39)24(9-3)38-29(40)27-20(5)30(37-15-11-14-34-37)45-31(27)36(32(38)41)19-26(44-17-16-43-10-4)23-18-21(33)12-13-25(23)42-6/h11-15,18,22,24,26H,7-10,16-17,19H2,1-6H3,(H,35,39)/t24-,26-/m0/s1. The zero-order valence-electron chi connectivity index (χ0n) is 26.7. The number of halogens is 1. The lowest BCUT2D eigenvalue weighted by Gasteiger charge is -2.25. The fraction of sp³-hybridized carbons (Fsp3) is 0.500. The van der Waals surface area contributed by atoms with Gasteiger partial charge in [-0.15, -0.1) is 0 Å². The SMILES string of the molecule is CCOCCO[C@@H](Cn1c(=O)n([C@@H](CC)C(=O)NC(CC)CC)c(=O)c2c(C)c(-n3cccn3)sc21)c1cc(F)ccc1OC. The Labute approximate surface area is 265 Å². The number of thiophene rings is 1. The Morgan fingerprint density at radius 3 is 2.49 bits per heavy atom. The number of aromatic nitrogens is 4. The number of amides is 1. The number of nitrogens with one attached hydrogen (secondary N) is 1. The van der Waals surface area contributed by atoms with Gasteiger partial charge in [0.05, 0.1) is 32.3 Å². The van der Waals surface area contributed by atoms with Crippen LogP contribution in [0, 0.1) is 12.7 Å². The van der Waals surface area contributed by atoms with Crippen molar-refractivity contribution in [2.75, 3.05) is 26.9 Å². The van der Waals surface area contributed by atoms with E-state index >= 15 is 0 Å². The third-order valence-corrected chi connectivity index (χ3v) is 9.21. The molecule has 4 rings (SSSR count). The topological polar surface area (TPSA) is 119 Å². The molecule has 45 heavy (non-hydrogen) atoms. The molecule has 1 N–H and O–H groups in total. The van der Waals surface area contributed by atoms with Gasteiger partial charge < -0.3 is 19.5 Å². The molecule has 0 aliphatic rings. The van der Waals surface area contributed by atoms with Gasteiger partial charge in [0.25, 0.3) is 5.56 Å². The minimum Gasteiger partial charge on any atom is -0.496 e. The summed E-state index contributed by atoms with van der Waals surface area (Å²) in [5, 5.41) is 8.31. The van der Waals surface area contributed by atoms with Crippen LogP contribution < -0.4 is 21.3 Å². The molecule has 0 radical (unpaired) electrons. The van der Waals surface area contributed by atoms with Crippen LogP contribution in [0.4, 0.5) is 4.39 Å². The summed E-state index contributed by atoms with van der Waals surface area (Å²) in [6.07, 6.45) is 4.16. The quantitative estimate of drug-likeness (QED) is 0.172. The highest BCUT2D eigenvalue weighted by Gasteiger charge is 2.30. The van der Waals surface area contributed by atoms with Gasteiger partial charge in [0.1, 0.15) is 33.5 Å². The molecule has 0 aliphatic carbocycles. The maximum atomic E-state index is 14.6. The molecule has 3 aromatic heterocycles. The van der Waals surface area contributed by atoms with E-state index in [1.165, 1.54) is 41.2 Å². The Morgan fingerprint density at radius 2 is 1.87 bits per heavy atom. The minimum absolute atomic E-state index is 0.0916. The zero-order chi connectivity index (χ0) is 32.7. The summed E-state index contributed by atoms with van der Waals surface area (Å²) in [6.45, 7) is 10.2. The number of hydrogen-bond acceptors (Lipinski definition) is 8. The van der Waals surface area contributed by atoms with E-state index < -0.39 is 35.1 Å². The number of carbonyl (C=O) groups is 1. The molecule has 0 spiro atoms. The van der Waals surface area contributed by atoms with Gasteiger partial charge >= 0.3 is 5.69 Å². The van der Waals surface area contributed by atoms with E-state index in [2.05, 4.69) is 10.4 Å². The predicted molar refractivity (Wildman–Crippen MR) is 172 cm³/mol. The van der Waals surface area contributed by atoms with Gasteiger partial charge in [-0.1, -0.05) is 32.1 Å². The Hall–Kier alpha value is -3.81. The van der Waals surface area contributed by atoms with E-state index in [1.807, 2.05) is 20.8 Å². The van der Waals surface area contributed by atoms with Crippen molar-refractivity contribution in [2.24, 2.45) is 0 Å². The first-order chi connectivity index (χ1) is 21.7. The second-order valence-corrected chi connectivity index (χ2v) is 11.6. The molecule has 0 saturated heterocycles. The third kappa shape index (κ3) is 7.21. The van der Waals surface area contributed by atoms with Crippen molar-refractivity contribution in [1.82, 2.24) is 24.2 Å². The molecule has 4 aromatic rings. The maximum Gasteiger partial charge on any atom is 0.332 e. The molecular weight excluding hydrogens is 601 g/mol. The molecular formula is C32H42FN5O6S. The summed E-state index contributed by atoms with van der Waals surface area (Å²) >= 11 is 1.24. The van der Waals surface area contributed by atoms with Gasteiger partial charge in [0, 0.05) is 36.2 Å². The van der Waals surface area contributed by atoms with Crippen LogP contribution in [0.2, 0.25) is 0 Å². The Morgan fingerprint density at radius 1 is 1.11 bits per heavy atom. The van der Waals surface area contributed by atoms with E-state index in [4.69, 9.17) is 14.2 Å². The van der Waals surface area contributed by atoms with Crippen molar-refractivity contribution in [2.45, 2.75) is 78.6 Å². The molecule has 2 atom stereocenters. The first kappa shape index (κ1) is 34.1. The fourth-order valence-corrected chi connectivity index (χ4v) is 6.67. The zero-order valence-corrected chi connectivity index (χ0v) is 27.5. The van der Waals surface area contributed by atoms with Crippen LogP contribution in [0.15, 0.2) is 46.2 Å². The molecule has 0 saturated carbocycles. The van der Waals surface area contributed by atoms with Crippen molar-refractivity contribution in [3.05, 3.63) is 74.4 Å². The summed E-state index contributed by atoms with van der Waals surface area (Å²) in [4.78, 5) is 42.6. The number of nitrogens with zero attached hydrogens (tertiary/aromatic N) is 4.